The topological polar surface area (TPSA) is 11.4 Å². The van der Waals surface area contributed by atoms with E-state index in [2.05, 4.69) is 287 Å². The molecule has 0 N–H and O–H groups in total. The monoisotopic (exact) mass is 891 g/mol. The molecule has 0 amide bonds. The van der Waals surface area contributed by atoms with E-state index in [0.717, 1.165) is 45.3 Å². The van der Waals surface area contributed by atoms with Gasteiger partial charge in [-0.1, -0.05) is 194 Å². The van der Waals surface area contributed by atoms with Gasteiger partial charge in [0.2, 0.25) is 0 Å². The van der Waals surface area contributed by atoms with Gasteiger partial charge in [0.05, 0.1) is 27.8 Å². The molecule has 3 nitrogen and oxygen atoms in total. The minimum atomic E-state index is -0.640. The number of fused-ring (bicyclic) bond motifs is 13. The lowest BCUT2D eigenvalue weighted by Crippen LogP contribution is -2.28. The van der Waals surface area contributed by atoms with Crippen LogP contribution in [0.4, 0.5) is 34.1 Å². The Morgan fingerprint density at radius 2 is 0.786 bits per heavy atom. The van der Waals surface area contributed by atoms with E-state index in [0.29, 0.717) is 0 Å². The number of benzene rings is 11. The molecule has 1 heterocycles. The molecule has 0 radical (unpaired) electrons. The van der Waals surface area contributed by atoms with Gasteiger partial charge in [0, 0.05) is 50.3 Å². The van der Waals surface area contributed by atoms with Crippen molar-refractivity contribution in [1.82, 2.24) is 4.57 Å². The molecule has 0 saturated heterocycles. The predicted octanol–water partition coefficient (Wildman–Crippen LogP) is 17.7. The predicted molar refractivity (Wildman–Crippen MR) is 292 cm³/mol. The van der Waals surface area contributed by atoms with E-state index in [-0.39, 0.29) is 0 Å². The van der Waals surface area contributed by atoms with Gasteiger partial charge >= 0.3 is 0 Å². The first kappa shape index (κ1) is 39.9. The maximum Gasteiger partial charge on any atom is 0.0746 e. The van der Waals surface area contributed by atoms with Crippen molar-refractivity contribution in [2.75, 3.05) is 9.80 Å². The SMILES string of the molecule is c1ccc(-c2ccc(N(c3ccc4c5ccccc5n(-c5ccccc5)c4c3)c3cccc4c3-c3ccccc3C43c4ccccc4-c4cccc(N(c5ccccc5)c5ccccc5)c43)cc2)cc1. The summed E-state index contributed by atoms with van der Waals surface area (Å²) in [7, 11) is 0. The van der Waals surface area contributed by atoms with Crippen LogP contribution in [0.3, 0.4) is 0 Å². The summed E-state index contributed by atoms with van der Waals surface area (Å²) in [6.45, 7) is 0. The summed E-state index contributed by atoms with van der Waals surface area (Å²) < 4.78 is 2.42. The molecule has 1 aromatic heterocycles. The number of hydrogen-bond acceptors (Lipinski definition) is 2. The Balaban J connectivity index is 1.06. The first-order valence-corrected chi connectivity index (χ1v) is 24.2. The molecule has 3 heteroatoms. The molecule has 328 valence electrons. The Labute approximate surface area is 408 Å². The highest BCUT2D eigenvalue weighted by Gasteiger charge is 2.54. The van der Waals surface area contributed by atoms with Crippen LogP contribution in [-0.2, 0) is 5.41 Å². The molecule has 70 heavy (non-hydrogen) atoms. The average molecular weight is 892 g/mol. The molecule has 2 aliphatic carbocycles. The molecule has 1 unspecified atom stereocenters. The van der Waals surface area contributed by atoms with Crippen molar-refractivity contribution < 1.29 is 0 Å². The van der Waals surface area contributed by atoms with Crippen LogP contribution in [0.15, 0.2) is 273 Å². The molecule has 0 bridgehead atoms. The number of nitrogens with zero attached hydrogens (tertiary/aromatic N) is 3. The van der Waals surface area contributed by atoms with Gasteiger partial charge in [-0.25, -0.2) is 0 Å². The smallest absolute Gasteiger partial charge is 0.0746 e. The minimum Gasteiger partial charge on any atom is -0.310 e. The van der Waals surface area contributed by atoms with Crippen molar-refractivity contribution in [3.63, 3.8) is 0 Å². The van der Waals surface area contributed by atoms with E-state index >= 15 is 0 Å². The van der Waals surface area contributed by atoms with Crippen LogP contribution in [0.1, 0.15) is 22.3 Å². The highest BCUT2D eigenvalue weighted by atomic mass is 15.2. The van der Waals surface area contributed by atoms with Crippen molar-refractivity contribution in [2.24, 2.45) is 0 Å². The molecular weight excluding hydrogens is 847 g/mol. The number of rotatable bonds is 8. The third-order valence-corrected chi connectivity index (χ3v) is 14.8. The second kappa shape index (κ2) is 16.0. The minimum absolute atomic E-state index is 0.640. The highest BCUT2D eigenvalue weighted by Crippen LogP contribution is 2.67. The van der Waals surface area contributed by atoms with Gasteiger partial charge in [0.1, 0.15) is 0 Å². The summed E-state index contributed by atoms with van der Waals surface area (Å²) >= 11 is 0. The Morgan fingerprint density at radius 1 is 0.300 bits per heavy atom. The largest absolute Gasteiger partial charge is 0.310 e. The van der Waals surface area contributed by atoms with Crippen molar-refractivity contribution in [3.05, 3.63) is 295 Å². The van der Waals surface area contributed by atoms with Crippen LogP contribution in [-0.4, -0.2) is 4.57 Å². The van der Waals surface area contributed by atoms with Crippen LogP contribution < -0.4 is 9.80 Å². The lowest BCUT2D eigenvalue weighted by Gasteiger charge is -2.36. The quantitative estimate of drug-likeness (QED) is 0.151. The first-order chi connectivity index (χ1) is 34.8. The fourth-order valence-corrected chi connectivity index (χ4v) is 12.0. The molecule has 12 aromatic rings. The summed E-state index contributed by atoms with van der Waals surface area (Å²) in [6.07, 6.45) is 0. The van der Waals surface area contributed by atoms with Gasteiger partial charge in [0.15, 0.2) is 0 Å². The van der Waals surface area contributed by atoms with Crippen molar-refractivity contribution >= 4 is 55.9 Å². The number of aromatic nitrogens is 1. The first-order valence-electron chi connectivity index (χ1n) is 24.2. The van der Waals surface area contributed by atoms with Gasteiger partial charge in [-0.05, 0) is 123 Å². The lowest BCUT2D eigenvalue weighted by molar-refractivity contribution is 0.793. The van der Waals surface area contributed by atoms with E-state index in [4.69, 9.17) is 0 Å². The average Bonchev–Trinajstić information content (AvgIpc) is 4.05. The number of hydrogen-bond donors (Lipinski definition) is 0. The molecular formula is C67H45N3. The Bertz CT molecular complexity index is 3900. The molecule has 1 spiro atoms. The molecule has 0 saturated carbocycles. The standard InChI is InChI=1S/C67H45N3/c1-5-21-46(22-6-1)47-39-41-51(42-40-47)69(52-43-44-55-54-30-15-18-36-61(54)70(64(55)45-52)50-27-11-4-12-28-50)62-37-20-35-60-65(62)57-31-14-17-34-59(57)67(60)58-33-16-13-29-53(58)56-32-19-38-63(66(56)67)68(48-23-7-2-8-24-48)49-25-9-3-10-26-49/h1-45H. The molecule has 0 aliphatic heterocycles. The third-order valence-electron chi connectivity index (χ3n) is 14.8. The van der Waals surface area contributed by atoms with Crippen molar-refractivity contribution in [2.45, 2.75) is 5.41 Å². The second-order valence-corrected chi connectivity index (χ2v) is 18.4. The fourth-order valence-electron chi connectivity index (χ4n) is 12.0. The zero-order chi connectivity index (χ0) is 46.2. The maximum absolute atomic E-state index is 2.50. The lowest BCUT2D eigenvalue weighted by atomic mass is 9.70. The molecule has 11 aromatic carbocycles. The summed E-state index contributed by atoms with van der Waals surface area (Å²) in [5, 5.41) is 2.45. The summed E-state index contributed by atoms with van der Waals surface area (Å²) in [5.41, 5.74) is 22.0. The van der Waals surface area contributed by atoms with Gasteiger partial charge in [0.25, 0.3) is 0 Å². The fraction of sp³-hybridized carbons (Fsp3) is 0.0149. The normalized spacial score (nSPS) is 14.1. The van der Waals surface area contributed by atoms with Crippen LogP contribution in [0.25, 0.3) is 60.9 Å². The zero-order valence-corrected chi connectivity index (χ0v) is 38.3. The zero-order valence-electron chi connectivity index (χ0n) is 38.3. The van der Waals surface area contributed by atoms with E-state index in [1.54, 1.807) is 0 Å². The molecule has 0 fully saturated rings. The molecule has 1 atom stereocenters. The van der Waals surface area contributed by atoms with E-state index in [1.165, 1.54) is 71.9 Å². The van der Waals surface area contributed by atoms with E-state index in [9.17, 15) is 0 Å². The summed E-state index contributed by atoms with van der Waals surface area (Å²) in [6, 6.07) is 100. The van der Waals surface area contributed by atoms with Crippen LogP contribution in [0.2, 0.25) is 0 Å². The maximum atomic E-state index is 2.50. The van der Waals surface area contributed by atoms with Gasteiger partial charge < -0.3 is 14.4 Å². The van der Waals surface area contributed by atoms with Gasteiger partial charge in [-0.3, -0.25) is 0 Å². The van der Waals surface area contributed by atoms with Crippen LogP contribution in [0, 0.1) is 0 Å². The Hall–Kier alpha value is -9.18. The number of anilines is 6. The van der Waals surface area contributed by atoms with Gasteiger partial charge in [-0.2, -0.15) is 0 Å². The molecule has 2 aliphatic rings. The Kier molecular flexibility index (Phi) is 9.11. The van der Waals surface area contributed by atoms with Crippen molar-refractivity contribution in [3.8, 4) is 39.1 Å². The highest BCUT2D eigenvalue weighted by molar-refractivity contribution is 6.11. The second-order valence-electron chi connectivity index (χ2n) is 18.4. The Morgan fingerprint density at radius 3 is 1.51 bits per heavy atom. The summed E-state index contributed by atoms with van der Waals surface area (Å²) in [5.74, 6) is 0. The van der Waals surface area contributed by atoms with E-state index < -0.39 is 5.41 Å². The van der Waals surface area contributed by atoms with E-state index in [1.807, 2.05) is 0 Å². The third kappa shape index (κ3) is 5.88. The van der Waals surface area contributed by atoms with Crippen molar-refractivity contribution in [1.29, 1.82) is 0 Å². The van der Waals surface area contributed by atoms with Gasteiger partial charge in [-0.15, -0.1) is 0 Å². The number of para-hydroxylation sites is 4. The molecule has 14 rings (SSSR count). The summed E-state index contributed by atoms with van der Waals surface area (Å²) in [4.78, 5) is 4.96. The van der Waals surface area contributed by atoms with Crippen LogP contribution in [0.5, 0.6) is 0 Å². The van der Waals surface area contributed by atoms with Crippen LogP contribution >= 0.6 is 0 Å².